The van der Waals surface area contributed by atoms with Crippen LogP contribution in [0.4, 0.5) is 17.1 Å². The van der Waals surface area contributed by atoms with E-state index in [-0.39, 0.29) is 0 Å². The number of nitrogens with zero attached hydrogens (tertiary/aromatic N) is 2. The Morgan fingerprint density at radius 1 is 0.486 bits per heavy atom. The molecule has 2 aliphatic carbocycles. The van der Waals surface area contributed by atoms with Gasteiger partial charge in [0.2, 0.25) is 0 Å². The molecule has 2 heteroatoms. The third-order valence-corrected chi connectivity index (χ3v) is 8.51. The molecule has 0 amide bonds. The fourth-order valence-corrected chi connectivity index (χ4v) is 6.99. The molecule has 35 heavy (non-hydrogen) atoms. The molecule has 3 heterocycles. The number of pyridine rings is 1. The van der Waals surface area contributed by atoms with Crippen LogP contribution < -0.4 is 4.90 Å². The summed E-state index contributed by atoms with van der Waals surface area (Å²) in [7, 11) is 0. The average Bonchev–Trinajstić information content (AvgIpc) is 3.43. The standard InChI is InChI=1S/C33H22N2/c1-3-7-26-19(5-1)11-22-14-24-13-21-9-10-34-30-16-25-15-23-12-20-6-2-4-8-27(20)29(23)18-32(25)35(33(21)30)31(24)17-28(22)26/h1-10,14-15,17-18H,11-13,16H2. The Hall–Kier alpha value is -4.17. The molecule has 0 radical (unpaired) electrons. The molecule has 0 unspecified atom stereocenters. The van der Waals surface area contributed by atoms with Gasteiger partial charge in [0.05, 0.1) is 22.8 Å². The van der Waals surface area contributed by atoms with Gasteiger partial charge in [-0.25, -0.2) is 0 Å². The van der Waals surface area contributed by atoms with Crippen LogP contribution in [0, 0.1) is 0 Å². The van der Waals surface area contributed by atoms with Gasteiger partial charge in [0.1, 0.15) is 0 Å². The number of rotatable bonds is 0. The van der Waals surface area contributed by atoms with E-state index in [2.05, 4.69) is 83.8 Å². The zero-order valence-electron chi connectivity index (χ0n) is 19.3. The summed E-state index contributed by atoms with van der Waals surface area (Å²) in [6, 6.07) is 29.9. The molecule has 2 aliphatic heterocycles. The summed E-state index contributed by atoms with van der Waals surface area (Å²) >= 11 is 0. The summed E-state index contributed by atoms with van der Waals surface area (Å²) in [6.07, 6.45) is 5.95. The van der Waals surface area contributed by atoms with E-state index in [0.29, 0.717) is 0 Å². The number of fused-ring (bicyclic) bond motifs is 10. The van der Waals surface area contributed by atoms with Gasteiger partial charge in [-0.3, -0.25) is 4.98 Å². The minimum atomic E-state index is 0.905. The van der Waals surface area contributed by atoms with Crippen LogP contribution in [-0.4, -0.2) is 4.98 Å². The predicted octanol–water partition coefficient (Wildman–Crippen LogP) is 7.50. The van der Waals surface area contributed by atoms with E-state index in [0.717, 1.165) is 25.7 Å². The van der Waals surface area contributed by atoms with E-state index in [1.54, 1.807) is 0 Å². The maximum atomic E-state index is 4.88. The summed E-state index contributed by atoms with van der Waals surface area (Å²) in [5.41, 5.74) is 20.7. The normalized spacial score (nSPS) is 14.9. The van der Waals surface area contributed by atoms with Gasteiger partial charge in [-0.05, 0) is 92.2 Å². The molecule has 5 aromatic rings. The third kappa shape index (κ3) is 2.32. The van der Waals surface area contributed by atoms with Crippen molar-refractivity contribution in [3.8, 4) is 22.3 Å². The fraction of sp³-hybridized carbons (Fsp3) is 0.121. The summed E-state index contributed by atoms with van der Waals surface area (Å²) in [5, 5.41) is 0. The molecular formula is C33H22N2. The van der Waals surface area contributed by atoms with E-state index < -0.39 is 0 Å². The highest BCUT2D eigenvalue weighted by molar-refractivity contribution is 5.94. The molecule has 4 aromatic carbocycles. The van der Waals surface area contributed by atoms with Gasteiger partial charge >= 0.3 is 0 Å². The van der Waals surface area contributed by atoms with Crippen molar-refractivity contribution in [1.82, 2.24) is 4.98 Å². The number of hydrogen-bond acceptors (Lipinski definition) is 2. The Labute approximate surface area is 204 Å². The van der Waals surface area contributed by atoms with Crippen LogP contribution in [0.1, 0.15) is 44.6 Å². The minimum Gasteiger partial charge on any atom is -0.308 e. The minimum absolute atomic E-state index is 0.905. The van der Waals surface area contributed by atoms with Gasteiger partial charge in [0.25, 0.3) is 0 Å². The van der Waals surface area contributed by atoms with Crippen molar-refractivity contribution in [1.29, 1.82) is 0 Å². The fourth-order valence-electron chi connectivity index (χ4n) is 6.99. The zero-order valence-corrected chi connectivity index (χ0v) is 19.3. The van der Waals surface area contributed by atoms with Crippen molar-refractivity contribution in [3.05, 3.63) is 130 Å². The van der Waals surface area contributed by atoms with Gasteiger partial charge in [0, 0.05) is 19.0 Å². The molecule has 2 nitrogen and oxygen atoms in total. The third-order valence-electron chi connectivity index (χ3n) is 8.51. The van der Waals surface area contributed by atoms with E-state index in [1.807, 2.05) is 6.20 Å². The molecule has 0 fully saturated rings. The first-order chi connectivity index (χ1) is 17.3. The summed E-state index contributed by atoms with van der Waals surface area (Å²) in [6.45, 7) is 0. The first-order valence-corrected chi connectivity index (χ1v) is 12.6. The van der Waals surface area contributed by atoms with E-state index in [1.165, 1.54) is 84.0 Å². The highest BCUT2D eigenvalue weighted by Gasteiger charge is 2.35. The van der Waals surface area contributed by atoms with Crippen LogP contribution in [0.15, 0.2) is 85.1 Å². The lowest BCUT2D eigenvalue weighted by atomic mass is 9.86. The lowest BCUT2D eigenvalue weighted by molar-refractivity contribution is 0.957. The largest absolute Gasteiger partial charge is 0.308 e. The Balaban J connectivity index is 1.32. The molecule has 4 aliphatic rings. The smallest absolute Gasteiger partial charge is 0.0716 e. The maximum absolute atomic E-state index is 4.88. The Kier molecular flexibility index (Phi) is 3.27. The summed E-state index contributed by atoms with van der Waals surface area (Å²) in [4.78, 5) is 7.42. The molecule has 1 aromatic heterocycles. The van der Waals surface area contributed by atoms with Crippen molar-refractivity contribution in [2.45, 2.75) is 25.7 Å². The Morgan fingerprint density at radius 3 is 1.71 bits per heavy atom. The number of aromatic nitrogens is 1. The molecule has 0 N–H and O–H groups in total. The SMILES string of the molecule is c1ccc2c(c1)Cc1cc3c(cc1-2)N1c2cc4c(cc2Cc2nccc(c21)C3)Cc1ccccc1-4. The predicted molar refractivity (Wildman–Crippen MR) is 141 cm³/mol. The Morgan fingerprint density at radius 2 is 1.06 bits per heavy atom. The lowest BCUT2D eigenvalue weighted by Gasteiger charge is -2.39. The van der Waals surface area contributed by atoms with Crippen molar-refractivity contribution in [2.24, 2.45) is 0 Å². The molecule has 0 bridgehead atoms. The van der Waals surface area contributed by atoms with E-state index in [9.17, 15) is 0 Å². The van der Waals surface area contributed by atoms with Gasteiger partial charge in [-0.1, -0.05) is 60.7 Å². The van der Waals surface area contributed by atoms with Crippen molar-refractivity contribution < 1.29 is 0 Å². The second kappa shape index (κ2) is 6.28. The van der Waals surface area contributed by atoms with Crippen LogP contribution >= 0.6 is 0 Å². The van der Waals surface area contributed by atoms with Crippen LogP contribution in [0.25, 0.3) is 22.3 Å². The number of anilines is 3. The average molecular weight is 447 g/mol. The molecule has 0 saturated heterocycles. The first-order valence-electron chi connectivity index (χ1n) is 12.6. The van der Waals surface area contributed by atoms with Gasteiger partial charge in [-0.15, -0.1) is 0 Å². The van der Waals surface area contributed by atoms with Gasteiger partial charge in [-0.2, -0.15) is 0 Å². The van der Waals surface area contributed by atoms with Crippen LogP contribution in [0.5, 0.6) is 0 Å². The highest BCUT2D eigenvalue weighted by Crippen LogP contribution is 2.54. The van der Waals surface area contributed by atoms with Crippen molar-refractivity contribution in [2.75, 3.05) is 4.90 Å². The zero-order chi connectivity index (χ0) is 22.7. The van der Waals surface area contributed by atoms with Gasteiger partial charge < -0.3 is 4.90 Å². The number of benzene rings is 4. The van der Waals surface area contributed by atoms with Crippen LogP contribution in [-0.2, 0) is 25.7 Å². The number of hydrogen-bond donors (Lipinski definition) is 0. The monoisotopic (exact) mass is 446 g/mol. The topological polar surface area (TPSA) is 16.1 Å². The van der Waals surface area contributed by atoms with E-state index >= 15 is 0 Å². The second-order valence-electron chi connectivity index (χ2n) is 10.4. The Bertz CT molecular complexity index is 1630. The van der Waals surface area contributed by atoms with Crippen molar-refractivity contribution >= 4 is 17.1 Å². The lowest BCUT2D eigenvalue weighted by Crippen LogP contribution is -2.25. The quantitative estimate of drug-likeness (QED) is 0.240. The molecule has 0 atom stereocenters. The summed E-state index contributed by atoms with van der Waals surface area (Å²) < 4.78 is 0. The van der Waals surface area contributed by atoms with E-state index in [4.69, 9.17) is 4.98 Å². The highest BCUT2D eigenvalue weighted by atomic mass is 15.2. The van der Waals surface area contributed by atoms with Crippen LogP contribution in [0.3, 0.4) is 0 Å². The second-order valence-corrected chi connectivity index (χ2v) is 10.4. The first kappa shape index (κ1) is 18.2. The molecule has 164 valence electrons. The van der Waals surface area contributed by atoms with Crippen molar-refractivity contribution in [3.63, 3.8) is 0 Å². The molecule has 0 spiro atoms. The molecule has 9 rings (SSSR count). The molecular weight excluding hydrogens is 424 g/mol. The van der Waals surface area contributed by atoms with Gasteiger partial charge in [0.15, 0.2) is 0 Å². The van der Waals surface area contributed by atoms with Crippen LogP contribution in [0.2, 0.25) is 0 Å². The molecule has 0 saturated carbocycles. The maximum Gasteiger partial charge on any atom is 0.0716 e. The summed E-state index contributed by atoms with van der Waals surface area (Å²) in [5.74, 6) is 0.